The molecule has 0 aromatic heterocycles. The molecular formula is C4H5ClO4. The molecular weight excluding hydrogens is 147 g/mol. The molecule has 1 fully saturated rings. The molecule has 9 heavy (non-hydrogen) atoms. The molecule has 0 spiro atoms. The van der Waals surface area contributed by atoms with Crippen LogP contribution in [0.15, 0.2) is 0 Å². The van der Waals surface area contributed by atoms with E-state index in [-0.39, 0.29) is 6.61 Å². The fourth-order valence-corrected chi connectivity index (χ4v) is 0.614. The summed E-state index contributed by atoms with van der Waals surface area (Å²) in [7, 11) is 0. The maximum Gasteiger partial charge on any atom is 0.364 e. The van der Waals surface area contributed by atoms with E-state index >= 15 is 0 Å². The van der Waals surface area contributed by atoms with E-state index in [1.54, 1.807) is 0 Å². The number of hydrogen-bond donors (Lipinski definition) is 1. The van der Waals surface area contributed by atoms with E-state index in [4.69, 9.17) is 16.7 Å². The Bertz CT molecular complexity index is 126. The molecule has 1 N–H and O–H groups in total. The average Bonchev–Trinajstić information content (AvgIpc) is 1.80. The Kier molecular flexibility index (Phi) is 1.90. The minimum Gasteiger partial charge on any atom is -0.440 e. The summed E-state index contributed by atoms with van der Waals surface area (Å²) < 4.78 is 8.80. The quantitative estimate of drug-likeness (QED) is 0.374. The van der Waals surface area contributed by atoms with Crippen LogP contribution in [-0.2, 0) is 14.3 Å². The molecule has 1 saturated heterocycles. The maximum absolute atomic E-state index is 10.3. The summed E-state index contributed by atoms with van der Waals surface area (Å²) in [6, 6.07) is 0. The van der Waals surface area contributed by atoms with Crippen LogP contribution in [0.1, 0.15) is 0 Å². The van der Waals surface area contributed by atoms with Crippen molar-refractivity contribution in [2.24, 2.45) is 0 Å². The highest BCUT2D eigenvalue weighted by atomic mass is 35.5. The van der Waals surface area contributed by atoms with Gasteiger partial charge in [0.1, 0.15) is 6.61 Å². The highest BCUT2D eigenvalue weighted by Gasteiger charge is 2.27. The van der Waals surface area contributed by atoms with Crippen LogP contribution in [-0.4, -0.2) is 29.5 Å². The van der Waals surface area contributed by atoms with Crippen LogP contribution in [0, 0.1) is 0 Å². The van der Waals surface area contributed by atoms with Crippen molar-refractivity contribution < 1.29 is 19.4 Å². The second-order valence-corrected chi connectivity index (χ2v) is 2.02. The monoisotopic (exact) mass is 152 g/mol. The van der Waals surface area contributed by atoms with Gasteiger partial charge in [0.15, 0.2) is 5.56 Å². The van der Waals surface area contributed by atoms with Crippen LogP contribution in [0.3, 0.4) is 0 Å². The summed E-state index contributed by atoms with van der Waals surface area (Å²) in [5.74, 6) is -0.832. The minimum absolute atomic E-state index is 0.0362. The summed E-state index contributed by atoms with van der Waals surface area (Å²) in [4.78, 5) is 10.3. The van der Waals surface area contributed by atoms with Crippen molar-refractivity contribution in [1.29, 1.82) is 0 Å². The number of halogens is 1. The summed E-state index contributed by atoms with van der Waals surface area (Å²) in [6.07, 6.45) is -1.46. The van der Waals surface area contributed by atoms with Gasteiger partial charge in [-0.25, -0.2) is 4.79 Å². The van der Waals surface area contributed by atoms with Crippen molar-refractivity contribution in [2.75, 3.05) is 6.61 Å². The van der Waals surface area contributed by atoms with E-state index in [0.29, 0.717) is 0 Å². The molecule has 4 nitrogen and oxygen atoms in total. The molecule has 0 amide bonds. The van der Waals surface area contributed by atoms with Gasteiger partial charge in [-0.15, -0.1) is 0 Å². The van der Waals surface area contributed by atoms with Crippen LogP contribution < -0.4 is 0 Å². The van der Waals surface area contributed by atoms with Gasteiger partial charge in [-0.2, -0.15) is 0 Å². The fraction of sp³-hybridized carbons (Fsp3) is 0.750. The molecule has 0 aliphatic carbocycles. The van der Waals surface area contributed by atoms with Crippen molar-refractivity contribution in [3.05, 3.63) is 0 Å². The first-order valence-corrected chi connectivity index (χ1v) is 2.78. The number of aliphatic hydroxyl groups excluding tert-OH is 1. The molecule has 2 unspecified atom stereocenters. The molecule has 5 heteroatoms. The number of hydrogen-bond acceptors (Lipinski definition) is 4. The lowest BCUT2D eigenvalue weighted by molar-refractivity contribution is -0.207. The summed E-state index contributed by atoms with van der Waals surface area (Å²) in [5, 5.41) is 8.54. The van der Waals surface area contributed by atoms with Gasteiger partial charge >= 0.3 is 5.97 Å². The standard InChI is InChI=1S/C4H5ClO4/c5-2-1-8-3(6)4(7)9-2/h2-3,6H,1H2. The first-order valence-electron chi connectivity index (χ1n) is 2.34. The normalized spacial score (nSPS) is 36.0. The number of esters is 1. The van der Waals surface area contributed by atoms with Gasteiger partial charge in [-0.1, -0.05) is 11.6 Å². The van der Waals surface area contributed by atoms with Gasteiger partial charge < -0.3 is 14.6 Å². The van der Waals surface area contributed by atoms with Crippen LogP contribution in [0.5, 0.6) is 0 Å². The van der Waals surface area contributed by atoms with E-state index in [1.165, 1.54) is 0 Å². The first-order chi connectivity index (χ1) is 4.20. The van der Waals surface area contributed by atoms with E-state index in [1.807, 2.05) is 0 Å². The number of ether oxygens (including phenoxy) is 2. The molecule has 0 bridgehead atoms. The molecule has 0 aromatic rings. The Hall–Kier alpha value is -0.320. The van der Waals surface area contributed by atoms with Crippen LogP contribution in [0.4, 0.5) is 0 Å². The van der Waals surface area contributed by atoms with Crippen molar-refractivity contribution in [2.45, 2.75) is 11.9 Å². The second-order valence-electron chi connectivity index (χ2n) is 1.53. The lowest BCUT2D eigenvalue weighted by atomic mass is 10.6. The highest BCUT2D eigenvalue weighted by Crippen LogP contribution is 2.09. The lowest BCUT2D eigenvalue weighted by Crippen LogP contribution is -2.37. The summed E-state index contributed by atoms with van der Waals surface area (Å²) >= 11 is 5.30. The molecule has 2 atom stereocenters. The number of carbonyl (C=O) groups excluding carboxylic acids is 1. The molecule has 0 radical (unpaired) electrons. The fourth-order valence-electron chi connectivity index (χ4n) is 0.453. The van der Waals surface area contributed by atoms with Gasteiger partial charge in [-0.05, 0) is 0 Å². The van der Waals surface area contributed by atoms with Gasteiger partial charge in [0.25, 0.3) is 6.29 Å². The minimum atomic E-state index is -1.46. The van der Waals surface area contributed by atoms with E-state index in [9.17, 15) is 4.79 Å². The third kappa shape index (κ3) is 1.54. The Morgan fingerprint density at radius 3 is 2.89 bits per heavy atom. The van der Waals surface area contributed by atoms with Gasteiger partial charge in [0.2, 0.25) is 0 Å². The van der Waals surface area contributed by atoms with Crippen LogP contribution in [0.2, 0.25) is 0 Å². The number of carbonyl (C=O) groups is 1. The number of cyclic esters (lactones) is 1. The molecule has 1 heterocycles. The Morgan fingerprint density at radius 2 is 2.44 bits per heavy atom. The maximum atomic E-state index is 10.3. The first kappa shape index (κ1) is 6.80. The zero-order chi connectivity index (χ0) is 6.85. The average molecular weight is 153 g/mol. The molecule has 52 valence electrons. The summed E-state index contributed by atoms with van der Waals surface area (Å²) in [5.41, 5.74) is -0.763. The van der Waals surface area contributed by atoms with Crippen molar-refractivity contribution in [3.63, 3.8) is 0 Å². The van der Waals surface area contributed by atoms with Gasteiger partial charge in [0.05, 0.1) is 0 Å². The molecule has 1 aliphatic heterocycles. The second kappa shape index (κ2) is 2.51. The van der Waals surface area contributed by atoms with Crippen molar-refractivity contribution in [3.8, 4) is 0 Å². The number of rotatable bonds is 0. The predicted molar refractivity (Wildman–Crippen MR) is 27.7 cm³/mol. The highest BCUT2D eigenvalue weighted by molar-refractivity contribution is 6.20. The number of aliphatic hydroxyl groups is 1. The lowest BCUT2D eigenvalue weighted by Gasteiger charge is -2.20. The van der Waals surface area contributed by atoms with Gasteiger partial charge in [-0.3, -0.25) is 0 Å². The third-order valence-electron chi connectivity index (χ3n) is 0.831. The van der Waals surface area contributed by atoms with E-state index < -0.39 is 17.8 Å². The predicted octanol–water partition coefficient (Wildman–Crippen LogP) is -0.557. The number of alkyl halides is 1. The third-order valence-corrected chi connectivity index (χ3v) is 1.05. The molecule has 0 aromatic carbocycles. The van der Waals surface area contributed by atoms with Crippen molar-refractivity contribution in [1.82, 2.24) is 0 Å². The molecule has 0 saturated carbocycles. The van der Waals surface area contributed by atoms with Crippen LogP contribution in [0.25, 0.3) is 0 Å². The smallest absolute Gasteiger partial charge is 0.364 e. The van der Waals surface area contributed by atoms with E-state index in [2.05, 4.69) is 9.47 Å². The Balaban J connectivity index is 2.44. The topological polar surface area (TPSA) is 55.8 Å². The Labute approximate surface area is 56.3 Å². The Morgan fingerprint density at radius 1 is 1.78 bits per heavy atom. The zero-order valence-electron chi connectivity index (χ0n) is 4.41. The zero-order valence-corrected chi connectivity index (χ0v) is 5.17. The van der Waals surface area contributed by atoms with Crippen LogP contribution >= 0.6 is 11.6 Å². The largest absolute Gasteiger partial charge is 0.440 e. The van der Waals surface area contributed by atoms with Crippen molar-refractivity contribution >= 4 is 17.6 Å². The SMILES string of the molecule is O=C1OC(Cl)COC1O. The molecule has 1 rings (SSSR count). The van der Waals surface area contributed by atoms with E-state index in [0.717, 1.165) is 0 Å². The molecule has 1 aliphatic rings. The summed E-state index contributed by atoms with van der Waals surface area (Å²) in [6.45, 7) is 0.0362. The van der Waals surface area contributed by atoms with Gasteiger partial charge in [0, 0.05) is 0 Å².